The van der Waals surface area contributed by atoms with Crippen molar-refractivity contribution < 1.29 is 25.3 Å². The normalized spacial score (nSPS) is 63.1. The second-order valence-electron chi connectivity index (χ2n) is 8.72. The number of fused-ring (bicyclic) bond motifs is 5. The van der Waals surface area contributed by atoms with Gasteiger partial charge in [0.05, 0.1) is 6.10 Å². The largest absolute Gasteiger partial charge is 0.393 e. The van der Waals surface area contributed by atoms with E-state index in [0.29, 0.717) is 24.8 Å². The highest BCUT2D eigenvalue weighted by Crippen LogP contribution is 2.66. The van der Waals surface area contributed by atoms with Crippen LogP contribution in [0.1, 0.15) is 64.2 Å². The Balaban J connectivity index is 1.83. The fourth-order valence-corrected chi connectivity index (χ4v) is 6.42. The van der Waals surface area contributed by atoms with E-state index in [0.717, 1.165) is 0 Å². The van der Waals surface area contributed by atoms with Crippen LogP contribution in [0, 0.1) is 34.5 Å². The predicted octanol–water partition coefficient (Wildman–Crippen LogP) is 2.67. The molecule has 0 aromatic carbocycles. The lowest BCUT2D eigenvalue weighted by molar-refractivity contribution is -0.146. The molecular formula is C21H30O4. The number of carbonyl (C=O) groups is 2. The predicted molar refractivity (Wildman–Crippen MR) is 93.7 cm³/mol. The highest BCUT2D eigenvalue weighted by Gasteiger charge is 2.62. The fraction of sp³-hybridized carbons (Fsp3) is 0.810. The molecule has 4 aliphatic carbocycles. The number of allylic oxidation sites excluding steroid dienone is 1. The smallest absolute Gasteiger partial charge is 0.161 e. The van der Waals surface area contributed by atoms with Gasteiger partial charge in [0.25, 0.3) is 0 Å². The summed E-state index contributed by atoms with van der Waals surface area (Å²) < 4.78 is 34.4. The maximum Gasteiger partial charge on any atom is 0.161 e. The van der Waals surface area contributed by atoms with Crippen molar-refractivity contribution in [3.63, 3.8) is 0 Å². The van der Waals surface area contributed by atoms with E-state index in [1.165, 1.54) is 6.08 Å². The molecule has 4 aliphatic rings. The molecule has 4 heteroatoms. The molecule has 0 bridgehead atoms. The Labute approximate surface area is 155 Å². The summed E-state index contributed by atoms with van der Waals surface area (Å²) in [5.41, 5.74) is -1.16. The minimum atomic E-state index is -1.26. The average molecular weight is 354 g/mol. The van der Waals surface area contributed by atoms with E-state index in [2.05, 4.69) is 0 Å². The van der Waals surface area contributed by atoms with Crippen LogP contribution in [0.5, 0.6) is 0 Å². The third kappa shape index (κ3) is 2.33. The van der Waals surface area contributed by atoms with Crippen LogP contribution in [0.4, 0.5) is 0 Å². The molecule has 4 unspecified atom stereocenters. The van der Waals surface area contributed by atoms with Crippen molar-refractivity contribution in [1.29, 1.82) is 0 Å². The number of rotatable bonds is 2. The monoisotopic (exact) mass is 354 g/mol. The van der Waals surface area contributed by atoms with Crippen molar-refractivity contribution in [2.75, 3.05) is 6.61 Å². The zero-order valence-electron chi connectivity index (χ0n) is 18.8. The van der Waals surface area contributed by atoms with Crippen molar-refractivity contribution in [1.82, 2.24) is 0 Å². The summed E-state index contributed by atoms with van der Waals surface area (Å²) in [6.07, 6.45) is -2.21. The third-order valence-corrected chi connectivity index (χ3v) is 7.60. The number of carbonyl (C=O) groups excluding carboxylic acids is 2. The van der Waals surface area contributed by atoms with Crippen molar-refractivity contribution in [2.45, 2.75) is 64.8 Å². The lowest BCUT2D eigenvalue weighted by atomic mass is 9.46. The van der Waals surface area contributed by atoms with Crippen LogP contribution >= 0.6 is 0 Å². The van der Waals surface area contributed by atoms with Gasteiger partial charge in [0.2, 0.25) is 0 Å². The van der Waals surface area contributed by atoms with Crippen LogP contribution in [0.2, 0.25) is 0 Å². The summed E-state index contributed by atoms with van der Waals surface area (Å²) in [5, 5.41) is 20.7. The Morgan fingerprint density at radius 3 is 2.84 bits per heavy atom. The van der Waals surface area contributed by atoms with Gasteiger partial charge in [0.1, 0.15) is 6.61 Å². The van der Waals surface area contributed by atoms with E-state index in [1.807, 2.05) is 6.92 Å². The average Bonchev–Trinajstić information content (AvgIpc) is 3.01. The van der Waals surface area contributed by atoms with Crippen molar-refractivity contribution in [3.05, 3.63) is 11.6 Å². The van der Waals surface area contributed by atoms with E-state index >= 15 is 0 Å². The highest BCUT2D eigenvalue weighted by atomic mass is 16.3. The second-order valence-corrected chi connectivity index (χ2v) is 8.72. The first-order valence-corrected chi connectivity index (χ1v) is 9.26. The zero-order chi connectivity index (χ0) is 21.5. The molecule has 0 radical (unpaired) electrons. The zero-order valence-corrected chi connectivity index (χ0v) is 14.8. The van der Waals surface area contributed by atoms with E-state index in [9.17, 15) is 19.8 Å². The number of aliphatic hydroxyl groups is 2. The SMILES string of the molecule is [3H]C1C2=CC(=O)C([3H])C([3H])[C@]2(C)[C@@H]2[C@@H](C1[3H])[C@@H]1CC[C@H](C(=O)CO)[C@@]1(C)C[C@@H]2O. The topological polar surface area (TPSA) is 74.6 Å². The van der Waals surface area contributed by atoms with Crippen LogP contribution in [0.3, 0.4) is 0 Å². The molecular weight excluding hydrogens is 316 g/mol. The maximum atomic E-state index is 12.4. The molecule has 3 fully saturated rings. The molecule has 0 saturated heterocycles. The van der Waals surface area contributed by atoms with Crippen LogP contribution in [-0.4, -0.2) is 34.5 Å². The minimum Gasteiger partial charge on any atom is -0.393 e. The van der Waals surface area contributed by atoms with E-state index in [4.69, 9.17) is 5.48 Å². The number of ketones is 2. The molecule has 4 rings (SSSR count). The van der Waals surface area contributed by atoms with Gasteiger partial charge >= 0.3 is 0 Å². The van der Waals surface area contributed by atoms with Gasteiger partial charge in [0, 0.05) is 17.8 Å². The standard InChI is InChI=1S/C21H30O4/c1-20-8-7-13(23)9-12(20)3-4-14-15-5-6-16(18(25)11-22)21(15,2)10-17(24)19(14)20/h9,14-17,19,22,24H,3-8,10-11H2,1-2H3/t14-,15-,16+,17-,19+,20-,21-/m0/s1/i3T,4T,7T,8T/t3?,4?,7?,8?,14-,15-,16+,17-,19+,20-,21-. The van der Waals surface area contributed by atoms with Gasteiger partial charge in [-0.25, -0.2) is 0 Å². The van der Waals surface area contributed by atoms with Crippen molar-refractivity contribution >= 4 is 11.6 Å². The second kappa shape index (κ2) is 5.75. The molecule has 4 nitrogen and oxygen atoms in total. The summed E-state index contributed by atoms with van der Waals surface area (Å²) in [7, 11) is 0. The van der Waals surface area contributed by atoms with Gasteiger partial charge in [-0.1, -0.05) is 19.4 Å². The van der Waals surface area contributed by atoms with Gasteiger partial charge in [-0.3, -0.25) is 9.59 Å². The summed E-state index contributed by atoms with van der Waals surface area (Å²) in [5.74, 6) is -2.07. The third-order valence-electron chi connectivity index (χ3n) is 7.60. The first-order chi connectivity index (χ1) is 13.5. The number of aliphatic hydroxyl groups excluding tert-OH is 2. The molecule has 2 N–H and O–H groups in total. The van der Waals surface area contributed by atoms with E-state index < -0.39 is 66.7 Å². The summed E-state index contributed by atoms with van der Waals surface area (Å²) in [6.45, 7) is 3.20. The van der Waals surface area contributed by atoms with Gasteiger partial charge in [0.15, 0.2) is 11.6 Å². The summed E-state index contributed by atoms with van der Waals surface area (Å²) in [4.78, 5) is 24.6. The summed E-state index contributed by atoms with van der Waals surface area (Å²) in [6, 6.07) is 0. The molecule has 0 amide bonds. The Kier molecular flexibility index (Phi) is 3.04. The van der Waals surface area contributed by atoms with Gasteiger partial charge in [-0.2, -0.15) is 0 Å². The van der Waals surface area contributed by atoms with Gasteiger partial charge < -0.3 is 10.2 Å². The first-order valence-electron chi connectivity index (χ1n) is 11.6. The van der Waals surface area contributed by atoms with Gasteiger partial charge in [-0.05, 0) is 73.1 Å². The molecule has 0 spiro atoms. The summed E-state index contributed by atoms with van der Waals surface area (Å²) >= 11 is 0. The quantitative estimate of drug-likeness (QED) is 0.799. The lowest BCUT2D eigenvalue weighted by Gasteiger charge is -2.59. The van der Waals surface area contributed by atoms with Crippen LogP contribution < -0.4 is 0 Å². The molecule has 11 atom stereocenters. The molecule has 0 heterocycles. The Bertz CT molecular complexity index is 772. The molecule has 0 aliphatic heterocycles. The number of hydrogen-bond donors (Lipinski definition) is 2. The van der Waals surface area contributed by atoms with E-state index in [1.54, 1.807) is 6.92 Å². The van der Waals surface area contributed by atoms with Crippen LogP contribution in [0.15, 0.2) is 11.6 Å². The molecule has 0 aromatic heterocycles. The van der Waals surface area contributed by atoms with Gasteiger partial charge in [-0.15, -0.1) is 0 Å². The van der Waals surface area contributed by atoms with Crippen LogP contribution in [-0.2, 0) is 9.59 Å². The molecule has 25 heavy (non-hydrogen) atoms. The molecule has 138 valence electrons. The van der Waals surface area contributed by atoms with Crippen LogP contribution in [0.25, 0.3) is 0 Å². The Hall–Kier alpha value is -1.00. The minimum absolute atomic E-state index is 0.0702. The molecule has 0 aromatic rings. The van der Waals surface area contributed by atoms with Crippen molar-refractivity contribution in [3.8, 4) is 0 Å². The Morgan fingerprint density at radius 2 is 2.12 bits per heavy atom. The Morgan fingerprint density at radius 1 is 1.36 bits per heavy atom. The van der Waals surface area contributed by atoms with E-state index in [-0.39, 0.29) is 17.6 Å². The lowest BCUT2D eigenvalue weighted by Crippen LogP contribution is -2.57. The first kappa shape index (κ1) is 13.2. The number of Topliss-reactive ketones (excluding diaryl/α,β-unsaturated/α-hetero) is 1. The molecule has 3 saturated carbocycles. The maximum absolute atomic E-state index is 12.4. The number of hydrogen-bond acceptors (Lipinski definition) is 4. The highest BCUT2D eigenvalue weighted by molar-refractivity contribution is 5.91. The fourth-order valence-electron chi connectivity index (χ4n) is 6.42. The van der Waals surface area contributed by atoms with Crippen molar-refractivity contribution in [2.24, 2.45) is 34.5 Å².